The summed E-state index contributed by atoms with van der Waals surface area (Å²) in [7, 11) is 0. The molecule has 0 aliphatic rings. The SMILES string of the molecule is CCOC(=O)c1[nH]c(C)c(C(=O)/C=C\c2ccc([N+](=O)[O-])cc2)c1C. The number of rotatable bonds is 6. The minimum Gasteiger partial charge on any atom is -0.461 e. The van der Waals surface area contributed by atoms with Gasteiger partial charge in [0.05, 0.1) is 11.5 Å². The smallest absolute Gasteiger partial charge is 0.355 e. The molecule has 0 saturated heterocycles. The van der Waals surface area contributed by atoms with Crippen LogP contribution in [0, 0.1) is 24.0 Å². The second-order valence-corrected chi connectivity index (χ2v) is 5.39. The number of aromatic nitrogens is 1. The Kier molecular flexibility index (Phi) is 5.49. The van der Waals surface area contributed by atoms with E-state index in [1.54, 1.807) is 39.0 Å². The third-order valence-corrected chi connectivity index (χ3v) is 3.69. The number of ketones is 1. The van der Waals surface area contributed by atoms with Crippen molar-refractivity contribution in [2.24, 2.45) is 0 Å². The summed E-state index contributed by atoms with van der Waals surface area (Å²) < 4.78 is 4.96. The molecule has 0 unspecified atom stereocenters. The molecule has 1 heterocycles. The first-order chi connectivity index (χ1) is 11.8. The van der Waals surface area contributed by atoms with Crippen LogP contribution in [-0.2, 0) is 4.74 Å². The quantitative estimate of drug-likeness (QED) is 0.284. The Morgan fingerprint density at radius 2 is 1.88 bits per heavy atom. The number of hydrogen-bond donors (Lipinski definition) is 1. The zero-order valence-electron chi connectivity index (χ0n) is 14.2. The molecule has 0 aliphatic carbocycles. The number of non-ortho nitro benzene ring substituents is 1. The van der Waals surface area contributed by atoms with E-state index in [-0.39, 0.29) is 23.8 Å². The molecule has 130 valence electrons. The summed E-state index contributed by atoms with van der Waals surface area (Å²) in [6.45, 7) is 5.35. The average molecular weight is 342 g/mol. The molecule has 0 radical (unpaired) electrons. The Morgan fingerprint density at radius 3 is 2.44 bits per heavy atom. The number of allylic oxidation sites excluding steroid dienone is 1. The number of nitro groups is 1. The monoisotopic (exact) mass is 342 g/mol. The molecule has 0 bridgehead atoms. The lowest BCUT2D eigenvalue weighted by atomic mass is 10.0. The lowest BCUT2D eigenvalue weighted by Gasteiger charge is -2.00. The summed E-state index contributed by atoms with van der Waals surface area (Å²) in [5.41, 5.74) is 2.45. The molecule has 25 heavy (non-hydrogen) atoms. The van der Waals surface area contributed by atoms with Gasteiger partial charge in [-0.15, -0.1) is 0 Å². The fourth-order valence-electron chi connectivity index (χ4n) is 2.49. The van der Waals surface area contributed by atoms with Crippen LogP contribution in [0.25, 0.3) is 6.08 Å². The van der Waals surface area contributed by atoms with Crippen LogP contribution in [0.3, 0.4) is 0 Å². The molecular weight excluding hydrogens is 324 g/mol. The largest absolute Gasteiger partial charge is 0.461 e. The maximum atomic E-state index is 12.5. The number of aromatic amines is 1. The van der Waals surface area contributed by atoms with E-state index < -0.39 is 10.9 Å². The lowest BCUT2D eigenvalue weighted by Crippen LogP contribution is -2.07. The molecule has 0 fully saturated rings. The highest BCUT2D eigenvalue weighted by Crippen LogP contribution is 2.20. The number of nitrogens with one attached hydrogen (secondary N) is 1. The first kappa shape index (κ1) is 18.1. The van der Waals surface area contributed by atoms with Gasteiger partial charge in [0.15, 0.2) is 5.78 Å². The highest BCUT2D eigenvalue weighted by Gasteiger charge is 2.21. The molecule has 0 amide bonds. The van der Waals surface area contributed by atoms with Crippen molar-refractivity contribution in [3.8, 4) is 0 Å². The van der Waals surface area contributed by atoms with Crippen LogP contribution in [0.2, 0.25) is 0 Å². The predicted molar refractivity (Wildman–Crippen MR) is 92.7 cm³/mol. The molecule has 1 N–H and O–H groups in total. The zero-order chi connectivity index (χ0) is 18.6. The van der Waals surface area contributed by atoms with Gasteiger partial charge in [-0.2, -0.15) is 0 Å². The maximum Gasteiger partial charge on any atom is 0.355 e. The van der Waals surface area contributed by atoms with E-state index in [4.69, 9.17) is 4.74 Å². The lowest BCUT2D eigenvalue weighted by molar-refractivity contribution is -0.384. The summed E-state index contributed by atoms with van der Waals surface area (Å²) in [4.78, 5) is 37.4. The van der Waals surface area contributed by atoms with Crippen molar-refractivity contribution in [2.45, 2.75) is 20.8 Å². The van der Waals surface area contributed by atoms with E-state index in [0.29, 0.717) is 22.4 Å². The first-order valence-electron chi connectivity index (χ1n) is 7.68. The van der Waals surface area contributed by atoms with Gasteiger partial charge in [0.2, 0.25) is 0 Å². The first-order valence-corrected chi connectivity index (χ1v) is 7.68. The van der Waals surface area contributed by atoms with Crippen molar-refractivity contribution in [1.82, 2.24) is 4.98 Å². The number of nitrogens with zero attached hydrogens (tertiary/aromatic N) is 1. The molecule has 0 saturated carbocycles. The van der Waals surface area contributed by atoms with Crippen LogP contribution >= 0.6 is 0 Å². The number of ether oxygens (including phenoxy) is 1. The van der Waals surface area contributed by atoms with Gasteiger partial charge in [0.25, 0.3) is 5.69 Å². The fraction of sp³-hybridized carbons (Fsp3) is 0.222. The standard InChI is InChI=1S/C18H18N2O5/c1-4-25-18(22)17-11(2)16(12(3)19-17)15(21)10-7-13-5-8-14(9-6-13)20(23)24/h5-10,19H,4H2,1-3H3/b10-7-. The number of nitro benzene ring substituents is 1. The second kappa shape index (κ2) is 7.57. The zero-order valence-corrected chi connectivity index (χ0v) is 14.2. The summed E-state index contributed by atoms with van der Waals surface area (Å²) in [6.07, 6.45) is 2.95. The highest BCUT2D eigenvalue weighted by molar-refractivity contribution is 6.10. The molecular formula is C18H18N2O5. The Bertz CT molecular complexity index is 847. The molecule has 0 aliphatic heterocycles. The Labute approximate surface area is 144 Å². The molecule has 1 aromatic carbocycles. The van der Waals surface area contributed by atoms with Gasteiger partial charge in [0, 0.05) is 23.4 Å². The van der Waals surface area contributed by atoms with Crippen LogP contribution in [0.5, 0.6) is 0 Å². The molecule has 7 nitrogen and oxygen atoms in total. The van der Waals surface area contributed by atoms with Crippen molar-refractivity contribution in [2.75, 3.05) is 6.61 Å². The Hall–Kier alpha value is -3.22. The van der Waals surface area contributed by atoms with Crippen molar-refractivity contribution >= 4 is 23.5 Å². The molecule has 1 aromatic heterocycles. The van der Waals surface area contributed by atoms with Gasteiger partial charge >= 0.3 is 5.97 Å². The summed E-state index contributed by atoms with van der Waals surface area (Å²) in [5, 5.41) is 10.6. The average Bonchev–Trinajstić information content (AvgIpc) is 2.88. The number of esters is 1. The van der Waals surface area contributed by atoms with Gasteiger partial charge in [0.1, 0.15) is 5.69 Å². The summed E-state index contributed by atoms with van der Waals surface area (Å²) in [5.74, 6) is -0.762. The van der Waals surface area contributed by atoms with Crippen LogP contribution in [-0.4, -0.2) is 28.3 Å². The van der Waals surface area contributed by atoms with Crippen LogP contribution in [0.4, 0.5) is 5.69 Å². The van der Waals surface area contributed by atoms with Gasteiger partial charge in [-0.3, -0.25) is 14.9 Å². The topological polar surface area (TPSA) is 102 Å². The fourth-order valence-corrected chi connectivity index (χ4v) is 2.49. The minimum absolute atomic E-state index is 0.0140. The van der Waals surface area contributed by atoms with Gasteiger partial charge in [-0.05, 0) is 50.1 Å². The van der Waals surface area contributed by atoms with Crippen LogP contribution in [0.15, 0.2) is 30.3 Å². The van der Waals surface area contributed by atoms with Crippen molar-refractivity contribution in [3.05, 3.63) is 68.5 Å². The van der Waals surface area contributed by atoms with Crippen molar-refractivity contribution < 1.29 is 19.2 Å². The third-order valence-electron chi connectivity index (χ3n) is 3.69. The van der Waals surface area contributed by atoms with Crippen LogP contribution < -0.4 is 0 Å². The second-order valence-electron chi connectivity index (χ2n) is 5.39. The molecule has 0 spiro atoms. The van der Waals surface area contributed by atoms with Gasteiger partial charge < -0.3 is 9.72 Å². The summed E-state index contributed by atoms with van der Waals surface area (Å²) in [6, 6.07) is 5.86. The van der Waals surface area contributed by atoms with E-state index in [1.165, 1.54) is 18.2 Å². The van der Waals surface area contributed by atoms with E-state index in [9.17, 15) is 19.7 Å². The Balaban J connectivity index is 2.23. The van der Waals surface area contributed by atoms with Crippen molar-refractivity contribution in [3.63, 3.8) is 0 Å². The third kappa shape index (κ3) is 4.00. The minimum atomic E-state index is -0.499. The number of H-pyrrole nitrogens is 1. The predicted octanol–water partition coefficient (Wildman–Crippen LogP) is 3.61. The number of carbonyl (C=O) groups excluding carboxylic acids is 2. The molecule has 2 rings (SSSR count). The van der Waals surface area contributed by atoms with Crippen molar-refractivity contribution in [1.29, 1.82) is 0 Å². The van der Waals surface area contributed by atoms with Gasteiger partial charge in [-0.25, -0.2) is 4.79 Å². The van der Waals surface area contributed by atoms with E-state index in [1.807, 2.05) is 0 Å². The number of carbonyl (C=O) groups is 2. The van der Waals surface area contributed by atoms with E-state index in [0.717, 1.165) is 0 Å². The highest BCUT2D eigenvalue weighted by atomic mass is 16.6. The van der Waals surface area contributed by atoms with E-state index >= 15 is 0 Å². The number of hydrogen-bond acceptors (Lipinski definition) is 5. The molecule has 7 heteroatoms. The molecule has 2 aromatic rings. The van der Waals surface area contributed by atoms with Gasteiger partial charge in [-0.1, -0.05) is 6.08 Å². The van der Waals surface area contributed by atoms with E-state index in [2.05, 4.69) is 4.98 Å². The summed E-state index contributed by atoms with van der Waals surface area (Å²) >= 11 is 0. The molecule has 0 atom stereocenters. The normalized spacial score (nSPS) is 10.8. The Morgan fingerprint density at radius 1 is 1.24 bits per heavy atom. The number of aryl methyl sites for hydroxylation is 1. The number of benzene rings is 1. The maximum absolute atomic E-state index is 12.5. The van der Waals surface area contributed by atoms with Crippen LogP contribution in [0.1, 0.15) is 44.6 Å².